The van der Waals surface area contributed by atoms with Crippen molar-refractivity contribution in [3.8, 4) is 11.5 Å². The Morgan fingerprint density at radius 1 is 0.976 bits per heavy atom. The first-order valence-electron chi connectivity index (χ1n) is 15.4. The van der Waals surface area contributed by atoms with Crippen LogP contribution in [0.3, 0.4) is 0 Å². The van der Waals surface area contributed by atoms with Gasteiger partial charge in [0.2, 0.25) is 5.95 Å². The number of nitrogens with zero attached hydrogens (tertiary/aromatic N) is 4. The van der Waals surface area contributed by atoms with Crippen LogP contribution in [0.1, 0.15) is 74.2 Å². The van der Waals surface area contributed by atoms with E-state index in [4.69, 9.17) is 19.3 Å². The number of aliphatic hydroxyl groups is 1. The number of rotatable bonds is 9. The molecule has 236 valence electrons. The van der Waals surface area contributed by atoms with Gasteiger partial charge in [-0.25, -0.2) is 9.97 Å². The predicted octanol–water partition coefficient (Wildman–Crippen LogP) is 6.48. The van der Waals surface area contributed by atoms with Crippen molar-refractivity contribution in [1.29, 1.82) is 0 Å². The molecule has 0 saturated carbocycles. The Labute approximate surface area is 256 Å². The van der Waals surface area contributed by atoms with Gasteiger partial charge in [0.25, 0.3) is 0 Å². The van der Waals surface area contributed by atoms with E-state index in [1.807, 2.05) is 0 Å². The Hall–Kier alpha value is -1.60. The van der Waals surface area contributed by atoms with Crippen molar-refractivity contribution in [2.24, 2.45) is 0 Å². The minimum atomic E-state index is -2.26. The van der Waals surface area contributed by atoms with Gasteiger partial charge in [0.05, 0.1) is 12.9 Å². The molecule has 1 aliphatic rings. The normalized spacial score (nSPS) is 22.4. The van der Waals surface area contributed by atoms with Crippen molar-refractivity contribution in [1.82, 2.24) is 19.5 Å². The quantitative estimate of drug-likeness (QED) is 0.238. The van der Waals surface area contributed by atoms with Crippen LogP contribution in [-0.4, -0.2) is 74.3 Å². The molecule has 0 amide bonds. The SMILES string of the molecule is CC[Si](C#Cc1nc(N)nc2c1ncn2[C@@H]1O[C@H](CO[Si](C)(C)C(C)(C)C)[C@@H](O[Si](C)(C)C(C)(C)C)[C@H]1O)(CC)CC. The van der Waals surface area contributed by atoms with Gasteiger partial charge in [-0.1, -0.05) is 68.2 Å². The molecule has 12 heteroatoms. The highest BCUT2D eigenvalue weighted by Gasteiger charge is 2.51. The molecule has 0 aromatic carbocycles. The Kier molecular flexibility index (Phi) is 10.3. The van der Waals surface area contributed by atoms with Crippen LogP contribution >= 0.6 is 0 Å². The van der Waals surface area contributed by atoms with E-state index in [1.54, 1.807) is 10.9 Å². The molecule has 0 spiro atoms. The van der Waals surface area contributed by atoms with Crippen LogP contribution in [0.2, 0.25) is 54.4 Å². The van der Waals surface area contributed by atoms with Gasteiger partial charge in [0.15, 0.2) is 28.5 Å². The third kappa shape index (κ3) is 7.03. The Morgan fingerprint density at radius 2 is 1.55 bits per heavy atom. The lowest BCUT2D eigenvalue weighted by Gasteiger charge is -2.41. The zero-order valence-electron chi connectivity index (χ0n) is 28.3. The number of nitrogens with two attached hydrogens (primary N) is 1. The summed E-state index contributed by atoms with van der Waals surface area (Å²) in [5.41, 5.74) is 11.3. The maximum absolute atomic E-state index is 11.8. The number of nitrogen functional groups attached to an aromatic ring is 1. The smallest absolute Gasteiger partial charge is 0.223 e. The molecular weight excluding hydrogens is 579 g/mol. The average Bonchev–Trinajstić information content (AvgIpc) is 3.43. The number of fused-ring (bicyclic) bond motifs is 1. The minimum Gasteiger partial charge on any atom is -0.414 e. The van der Waals surface area contributed by atoms with Crippen molar-refractivity contribution in [3.05, 3.63) is 12.0 Å². The van der Waals surface area contributed by atoms with E-state index < -0.39 is 49.2 Å². The highest BCUT2D eigenvalue weighted by atomic mass is 28.4. The Morgan fingerprint density at radius 3 is 2.07 bits per heavy atom. The van der Waals surface area contributed by atoms with E-state index in [0.29, 0.717) is 23.5 Å². The van der Waals surface area contributed by atoms with Crippen molar-refractivity contribution in [2.75, 3.05) is 12.3 Å². The molecule has 3 heterocycles. The lowest BCUT2D eigenvalue weighted by Crippen LogP contribution is -2.51. The van der Waals surface area contributed by atoms with Gasteiger partial charge in [0, 0.05) is 0 Å². The predicted molar refractivity (Wildman–Crippen MR) is 179 cm³/mol. The molecule has 9 nitrogen and oxygen atoms in total. The van der Waals surface area contributed by atoms with Gasteiger partial charge < -0.3 is 24.4 Å². The highest BCUT2D eigenvalue weighted by molar-refractivity contribution is 6.87. The zero-order valence-corrected chi connectivity index (χ0v) is 31.3. The van der Waals surface area contributed by atoms with Crippen molar-refractivity contribution < 1.29 is 18.7 Å². The maximum atomic E-state index is 11.8. The van der Waals surface area contributed by atoms with E-state index in [0.717, 1.165) is 18.1 Å². The molecule has 3 N–H and O–H groups in total. The zero-order chi connectivity index (χ0) is 31.9. The number of anilines is 1. The summed E-state index contributed by atoms with van der Waals surface area (Å²) < 4.78 is 21.8. The number of aromatic nitrogens is 4. The molecule has 3 rings (SSSR count). The fourth-order valence-electron chi connectivity index (χ4n) is 4.67. The average molecular weight is 634 g/mol. The van der Waals surface area contributed by atoms with E-state index in [2.05, 4.69) is 115 Å². The lowest BCUT2D eigenvalue weighted by molar-refractivity contribution is -0.0487. The van der Waals surface area contributed by atoms with E-state index in [-0.39, 0.29) is 16.0 Å². The standard InChI is InChI=1S/C30H55N5O4Si3/c1-14-42(15-2,16-3)18-17-21-23-26(34-28(31)33-21)35(20-32-23)27-24(36)25(39-41(12,13)30(7,8)9)22(38-27)19-37-40(10,11)29(4,5)6/h20,22,24-25,27,36H,14-16,19H2,1-13H3,(H2,31,33,34)/t22-,24-,25-,27-/m1/s1. The van der Waals surface area contributed by atoms with Gasteiger partial charge in [-0.05, 0) is 54.4 Å². The maximum Gasteiger partial charge on any atom is 0.223 e. The molecular formula is C30H55N5O4Si3. The molecule has 4 atom stereocenters. The summed E-state index contributed by atoms with van der Waals surface area (Å²) in [6, 6.07) is 3.25. The third-order valence-corrected chi connectivity index (χ3v) is 23.8. The van der Waals surface area contributed by atoms with E-state index in [9.17, 15) is 5.11 Å². The summed E-state index contributed by atoms with van der Waals surface area (Å²) in [7, 11) is -6.05. The van der Waals surface area contributed by atoms with Gasteiger partial charge in [0.1, 0.15) is 37.6 Å². The third-order valence-electron chi connectivity index (χ3n) is 10.2. The summed E-state index contributed by atoms with van der Waals surface area (Å²) >= 11 is 0. The first-order chi connectivity index (χ1) is 19.2. The monoisotopic (exact) mass is 633 g/mol. The molecule has 0 radical (unpaired) electrons. The second-order valence-electron chi connectivity index (χ2n) is 14.8. The van der Waals surface area contributed by atoms with Crippen LogP contribution in [0.15, 0.2) is 6.33 Å². The van der Waals surface area contributed by atoms with Gasteiger partial charge in [-0.2, -0.15) is 4.98 Å². The molecule has 1 saturated heterocycles. The first kappa shape index (κ1) is 34.9. The fraction of sp³-hybridized carbons (Fsp3) is 0.767. The van der Waals surface area contributed by atoms with Crippen molar-refractivity contribution in [2.45, 2.75) is 141 Å². The molecule has 1 fully saturated rings. The molecule has 42 heavy (non-hydrogen) atoms. The summed E-state index contributed by atoms with van der Waals surface area (Å²) in [5.74, 6) is 3.44. The summed E-state index contributed by atoms with van der Waals surface area (Å²) in [6.07, 6.45) is -1.13. The minimum absolute atomic E-state index is 0.0411. The van der Waals surface area contributed by atoms with Crippen LogP contribution in [0, 0.1) is 11.5 Å². The molecule has 2 aromatic heterocycles. The number of aliphatic hydroxyl groups excluding tert-OH is 1. The van der Waals surface area contributed by atoms with Crippen LogP contribution < -0.4 is 5.73 Å². The lowest BCUT2D eigenvalue weighted by atomic mass is 10.1. The van der Waals surface area contributed by atoms with Crippen molar-refractivity contribution in [3.63, 3.8) is 0 Å². The second-order valence-corrected chi connectivity index (χ2v) is 29.3. The summed E-state index contributed by atoms with van der Waals surface area (Å²) in [5, 5.41) is 11.8. The first-order valence-corrected chi connectivity index (χ1v) is 23.8. The largest absolute Gasteiger partial charge is 0.414 e. The Bertz CT molecular complexity index is 1290. The van der Waals surface area contributed by atoms with Crippen LogP contribution in [0.5, 0.6) is 0 Å². The van der Waals surface area contributed by atoms with Gasteiger partial charge >= 0.3 is 0 Å². The fourth-order valence-corrected chi connectivity index (χ4v) is 9.42. The Balaban J connectivity index is 2.05. The highest BCUT2D eigenvalue weighted by Crippen LogP contribution is 2.43. The second kappa shape index (κ2) is 12.4. The number of hydrogen-bond donors (Lipinski definition) is 2. The molecule has 0 unspecified atom stereocenters. The number of imidazole rings is 1. The molecule has 1 aliphatic heterocycles. The topological polar surface area (TPSA) is 118 Å². The van der Waals surface area contributed by atoms with Gasteiger partial charge in [-0.15, -0.1) is 5.54 Å². The number of hydrogen-bond acceptors (Lipinski definition) is 8. The molecule has 2 aromatic rings. The van der Waals surface area contributed by atoms with E-state index >= 15 is 0 Å². The molecule has 0 bridgehead atoms. The van der Waals surface area contributed by atoms with Crippen LogP contribution in [0.25, 0.3) is 11.2 Å². The summed E-state index contributed by atoms with van der Waals surface area (Å²) in [6.45, 7) is 29.0. The molecule has 0 aliphatic carbocycles. The van der Waals surface area contributed by atoms with E-state index in [1.165, 1.54) is 0 Å². The van der Waals surface area contributed by atoms with Crippen molar-refractivity contribution >= 4 is 41.8 Å². The summed E-state index contributed by atoms with van der Waals surface area (Å²) in [4.78, 5) is 13.6. The number of ether oxygens (including phenoxy) is 1. The van der Waals surface area contributed by atoms with Crippen LogP contribution in [0.4, 0.5) is 5.95 Å². The van der Waals surface area contributed by atoms with Gasteiger partial charge in [-0.3, -0.25) is 4.57 Å². The van der Waals surface area contributed by atoms with Crippen LogP contribution in [-0.2, 0) is 13.6 Å².